The first-order valence-corrected chi connectivity index (χ1v) is 14.0. The zero-order chi connectivity index (χ0) is 29.3. The number of aryl methyl sites for hydroxylation is 2. The zero-order valence-corrected chi connectivity index (χ0v) is 24.1. The van der Waals surface area contributed by atoms with Crippen LogP contribution in [0.5, 0.6) is 0 Å². The van der Waals surface area contributed by atoms with Crippen LogP contribution >= 0.6 is 0 Å². The number of hydrogen-bond donors (Lipinski definition) is 2. The van der Waals surface area contributed by atoms with Gasteiger partial charge in [-0.05, 0) is 69.5 Å². The van der Waals surface area contributed by atoms with Gasteiger partial charge in [0.15, 0.2) is 0 Å². The quantitative estimate of drug-likeness (QED) is 0.335. The summed E-state index contributed by atoms with van der Waals surface area (Å²) in [5.41, 5.74) is 8.96. The van der Waals surface area contributed by atoms with Crippen LogP contribution in [0.4, 0.5) is 17.2 Å². The number of anilines is 3. The highest BCUT2D eigenvalue weighted by atomic mass is 16.2. The van der Waals surface area contributed by atoms with Crippen LogP contribution in [-0.4, -0.2) is 40.4 Å². The lowest BCUT2D eigenvalue weighted by atomic mass is 10.0. The van der Waals surface area contributed by atoms with Crippen LogP contribution in [0, 0.1) is 0 Å². The molecule has 1 aromatic heterocycles. The molecule has 212 valence electrons. The van der Waals surface area contributed by atoms with Crippen molar-refractivity contribution in [1.82, 2.24) is 9.88 Å². The molecule has 3 N–H and O–H groups in total. The maximum absolute atomic E-state index is 14.3. The Morgan fingerprint density at radius 3 is 2.37 bits per heavy atom. The van der Waals surface area contributed by atoms with Crippen molar-refractivity contribution in [3.05, 3.63) is 90.0 Å². The van der Waals surface area contributed by atoms with E-state index in [9.17, 15) is 14.4 Å². The van der Waals surface area contributed by atoms with Crippen LogP contribution in [0.2, 0.25) is 0 Å². The number of carbonyl (C=O) groups excluding carboxylic acids is 3. The van der Waals surface area contributed by atoms with Gasteiger partial charge in [0.2, 0.25) is 5.91 Å². The van der Waals surface area contributed by atoms with E-state index in [4.69, 9.17) is 5.73 Å². The molecule has 0 fully saturated rings. The molecule has 8 heteroatoms. The van der Waals surface area contributed by atoms with Crippen molar-refractivity contribution in [3.8, 4) is 0 Å². The first kappa shape index (κ1) is 28.1. The van der Waals surface area contributed by atoms with E-state index in [0.717, 1.165) is 22.3 Å². The molecule has 4 aromatic rings. The first-order chi connectivity index (χ1) is 19.6. The minimum Gasteiger partial charge on any atom is -0.344 e. The fourth-order valence-electron chi connectivity index (χ4n) is 5.62. The Morgan fingerprint density at radius 1 is 1.00 bits per heavy atom. The fourth-order valence-corrected chi connectivity index (χ4v) is 5.62. The van der Waals surface area contributed by atoms with Crippen molar-refractivity contribution < 1.29 is 14.4 Å². The number of benzene rings is 3. The van der Waals surface area contributed by atoms with Gasteiger partial charge in [-0.25, -0.2) is 0 Å². The molecule has 1 aliphatic heterocycles. The number of fused-ring (bicyclic) bond motifs is 2. The van der Waals surface area contributed by atoms with Crippen LogP contribution in [0.25, 0.3) is 10.9 Å². The second-order valence-corrected chi connectivity index (χ2v) is 11.3. The molecule has 5 rings (SSSR count). The molecular weight excluding hydrogens is 514 g/mol. The van der Waals surface area contributed by atoms with E-state index < -0.39 is 11.6 Å². The molecule has 0 aliphatic carbocycles. The largest absolute Gasteiger partial charge is 0.344 e. The molecule has 8 nitrogen and oxygen atoms in total. The summed E-state index contributed by atoms with van der Waals surface area (Å²) in [5, 5.41) is 3.96. The Labute approximate surface area is 240 Å². The maximum Gasteiger partial charge on any atom is 0.261 e. The molecule has 0 saturated carbocycles. The Balaban J connectivity index is 1.57. The summed E-state index contributed by atoms with van der Waals surface area (Å²) in [6.07, 6.45) is 1.13. The first-order valence-electron chi connectivity index (χ1n) is 14.0. The number of nitrogens with zero attached hydrogens (tertiary/aromatic N) is 3. The molecule has 0 spiro atoms. The second kappa shape index (κ2) is 11.2. The topological polar surface area (TPSA) is 101 Å². The molecule has 3 aromatic carbocycles. The molecule has 0 radical (unpaired) electrons. The number of aromatic nitrogens is 1. The lowest BCUT2D eigenvalue weighted by Gasteiger charge is -2.30. The highest BCUT2D eigenvalue weighted by Crippen LogP contribution is 2.37. The Hall–Kier alpha value is -4.43. The van der Waals surface area contributed by atoms with Crippen LogP contribution < -0.4 is 20.9 Å². The average molecular weight is 552 g/mol. The standard InChI is InChI=1S/C33H37N5O3/c1-5-37(30-20-23-13-7-9-15-26(23)36(30)4)31(40)24-14-8-11-17-28(24)38-27-16-10-6-12-22(27)18-19-25(32(38)41)35-29(39)21-33(2,3)34/h6-17,20,25H,5,18-19,21,34H2,1-4H3,(H,35,39). The van der Waals surface area contributed by atoms with E-state index in [1.54, 1.807) is 35.8 Å². The predicted molar refractivity (Wildman–Crippen MR) is 163 cm³/mol. The summed E-state index contributed by atoms with van der Waals surface area (Å²) >= 11 is 0. The monoisotopic (exact) mass is 551 g/mol. The Bertz CT molecular complexity index is 1620. The van der Waals surface area contributed by atoms with E-state index in [1.165, 1.54) is 0 Å². The van der Waals surface area contributed by atoms with Gasteiger partial charge in [0.25, 0.3) is 11.8 Å². The van der Waals surface area contributed by atoms with Crippen molar-refractivity contribution in [1.29, 1.82) is 0 Å². The van der Waals surface area contributed by atoms with Crippen molar-refractivity contribution in [2.45, 2.75) is 51.6 Å². The zero-order valence-electron chi connectivity index (χ0n) is 24.1. The minimum atomic E-state index is -0.763. The lowest BCUT2D eigenvalue weighted by Crippen LogP contribution is -2.49. The molecule has 1 aliphatic rings. The van der Waals surface area contributed by atoms with Crippen LogP contribution in [0.3, 0.4) is 0 Å². The lowest BCUT2D eigenvalue weighted by molar-refractivity contribution is -0.127. The number of nitrogens with one attached hydrogen (secondary N) is 1. The number of carbonyl (C=O) groups is 3. The molecular formula is C33H37N5O3. The molecule has 2 heterocycles. The fraction of sp³-hybridized carbons (Fsp3) is 0.303. The van der Waals surface area contributed by atoms with Gasteiger partial charge >= 0.3 is 0 Å². The third kappa shape index (κ3) is 5.60. The number of para-hydroxylation sites is 3. The minimum absolute atomic E-state index is 0.0925. The predicted octanol–water partition coefficient (Wildman–Crippen LogP) is 5.07. The van der Waals surface area contributed by atoms with Crippen LogP contribution in [0.15, 0.2) is 78.9 Å². The van der Waals surface area contributed by atoms with E-state index in [1.807, 2.05) is 85.3 Å². The van der Waals surface area contributed by atoms with Crippen LogP contribution in [0.1, 0.15) is 49.5 Å². The third-order valence-electron chi connectivity index (χ3n) is 7.54. The van der Waals surface area contributed by atoms with E-state index in [2.05, 4.69) is 5.32 Å². The average Bonchev–Trinajstić information content (AvgIpc) is 3.20. The van der Waals surface area contributed by atoms with Gasteiger partial charge in [-0.15, -0.1) is 0 Å². The van der Waals surface area contributed by atoms with Crippen molar-refractivity contribution in [2.75, 3.05) is 16.3 Å². The smallest absolute Gasteiger partial charge is 0.261 e. The van der Waals surface area contributed by atoms with E-state index in [-0.39, 0.29) is 24.1 Å². The van der Waals surface area contributed by atoms with E-state index in [0.29, 0.717) is 36.3 Å². The van der Waals surface area contributed by atoms with Gasteiger partial charge in [-0.2, -0.15) is 0 Å². The highest BCUT2D eigenvalue weighted by Gasteiger charge is 2.35. The van der Waals surface area contributed by atoms with Gasteiger partial charge in [0.05, 0.1) is 16.9 Å². The molecule has 1 unspecified atom stereocenters. The van der Waals surface area contributed by atoms with Gasteiger partial charge < -0.3 is 15.6 Å². The van der Waals surface area contributed by atoms with Crippen molar-refractivity contribution >= 4 is 45.8 Å². The Kier molecular flexibility index (Phi) is 7.69. The molecule has 1 atom stereocenters. The van der Waals surface area contributed by atoms with Gasteiger partial charge in [0, 0.05) is 36.5 Å². The molecule has 3 amide bonds. The number of rotatable bonds is 7. The molecule has 0 saturated heterocycles. The Morgan fingerprint density at radius 2 is 1.66 bits per heavy atom. The normalized spacial score (nSPS) is 15.4. The summed E-state index contributed by atoms with van der Waals surface area (Å²) < 4.78 is 2.01. The summed E-state index contributed by atoms with van der Waals surface area (Å²) in [5.74, 6) is -0.00952. The van der Waals surface area contributed by atoms with Crippen molar-refractivity contribution in [3.63, 3.8) is 0 Å². The summed E-state index contributed by atoms with van der Waals surface area (Å²) in [7, 11) is 1.95. The molecule has 41 heavy (non-hydrogen) atoms. The van der Waals surface area contributed by atoms with E-state index >= 15 is 0 Å². The number of nitrogens with two attached hydrogens (primary N) is 1. The highest BCUT2D eigenvalue weighted by molar-refractivity contribution is 6.15. The van der Waals surface area contributed by atoms with Gasteiger partial charge in [0.1, 0.15) is 11.9 Å². The van der Waals surface area contributed by atoms with Gasteiger partial charge in [-0.1, -0.05) is 48.5 Å². The maximum atomic E-state index is 14.3. The summed E-state index contributed by atoms with van der Waals surface area (Å²) in [4.78, 5) is 44.7. The van der Waals surface area contributed by atoms with Gasteiger partial charge in [-0.3, -0.25) is 24.2 Å². The number of amides is 3. The SMILES string of the molecule is CCN(C(=O)c1ccccc1N1C(=O)C(NC(=O)CC(C)(C)N)CCc2ccccc21)c1cc2ccccc2n1C. The summed E-state index contributed by atoms with van der Waals surface area (Å²) in [6.45, 7) is 5.94. The number of hydrogen-bond acceptors (Lipinski definition) is 4. The third-order valence-corrected chi connectivity index (χ3v) is 7.54. The molecule has 0 bridgehead atoms. The second-order valence-electron chi connectivity index (χ2n) is 11.3. The summed E-state index contributed by atoms with van der Waals surface area (Å²) in [6, 6.07) is 24.1. The van der Waals surface area contributed by atoms with Crippen LogP contribution in [-0.2, 0) is 23.1 Å². The van der Waals surface area contributed by atoms with Crippen molar-refractivity contribution in [2.24, 2.45) is 12.8 Å².